The zero-order valence-corrected chi connectivity index (χ0v) is 16.1. The van der Waals surface area contributed by atoms with E-state index in [1.807, 2.05) is 4.90 Å². The van der Waals surface area contributed by atoms with Gasteiger partial charge < -0.3 is 14.4 Å². The van der Waals surface area contributed by atoms with Gasteiger partial charge in [0.1, 0.15) is 13.2 Å². The van der Waals surface area contributed by atoms with Crippen LogP contribution in [0, 0.1) is 0 Å². The third-order valence-electron chi connectivity index (χ3n) is 5.00. The van der Waals surface area contributed by atoms with Crippen LogP contribution in [-0.4, -0.2) is 62.9 Å². The zero-order valence-electron chi connectivity index (χ0n) is 15.3. The lowest BCUT2D eigenvalue weighted by atomic mass is 10.00. The normalized spacial score (nSPS) is 20.3. The van der Waals surface area contributed by atoms with Crippen LogP contribution in [0.2, 0.25) is 0 Å². The Morgan fingerprint density at radius 3 is 2.69 bits per heavy atom. The first-order chi connectivity index (χ1) is 12.4. The number of piperidine rings is 1. The molecule has 0 bridgehead atoms. The van der Waals surface area contributed by atoms with E-state index >= 15 is 0 Å². The quantitative estimate of drug-likeness (QED) is 0.777. The number of benzene rings is 1. The summed E-state index contributed by atoms with van der Waals surface area (Å²) in [6.45, 7) is 3.44. The highest BCUT2D eigenvalue weighted by Crippen LogP contribution is 2.33. The fraction of sp³-hybridized carbons (Fsp3) is 0.611. The number of nitrogens with zero attached hydrogens (tertiary/aromatic N) is 2. The summed E-state index contributed by atoms with van der Waals surface area (Å²) in [5.74, 6) is 0.812. The third kappa shape index (κ3) is 3.81. The molecular formula is C18H26N2O5S. The van der Waals surface area contributed by atoms with Crippen LogP contribution >= 0.6 is 0 Å². The minimum absolute atomic E-state index is 0.0998. The minimum atomic E-state index is -3.78. The molecule has 0 spiro atoms. The maximum absolute atomic E-state index is 12.8. The number of rotatable bonds is 5. The molecule has 0 aromatic heterocycles. The van der Waals surface area contributed by atoms with Crippen LogP contribution in [0.3, 0.4) is 0 Å². The Morgan fingerprint density at radius 1 is 1.23 bits per heavy atom. The van der Waals surface area contributed by atoms with Crippen LogP contribution in [0.4, 0.5) is 0 Å². The zero-order chi connectivity index (χ0) is 18.7. The van der Waals surface area contributed by atoms with Crippen LogP contribution in [0.25, 0.3) is 0 Å². The van der Waals surface area contributed by atoms with Gasteiger partial charge in [0.15, 0.2) is 11.5 Å². The second-order valence-corrected chi connectivity index (χ2v) is 8.76. The Balaban J connectivity index is 1.73. The fourth-order valence-corrected chi connectivity index (χ4v) is 4.62. The first kappa shape index (κ1) is 19.0. The molecule has 0 aliphatic carbocycles. The van der Waals surface area contributed by atoms with E-state index in [0.29, 0.717) is 31.3 Å². The van der Waals surface area contributed by atoms with Gasteiger partial charge in [-0.2, -0.15) is 4.31 Å². The molecule has 1 saturated heterocycles. The Morgan fingerprint density at radius 2 is 1.96 bits per heavy atom. The van der Waals surface area contributed by atoms with Gasteiger partial charge in [-0.05, 0) is 37.8 Å². The van der Waals surface area contributed by atoms with Crippen molar-refractivity contribution in [2.24, 2.45) is 0 Å². The van der Waals surface area contributed by atoms with Gasteiger partial charge in [0.25, 0.3) is 0 Å². The van der Waals surface area contributed by atoms with Crippen molar-refractivity contribution in [1.82, 2.24) is 9.21 Å². The Kier molecular flexibility index (Phi) is 5.72. The molecule has 0 radical (unpaired) electrons. The molecule has 1 fully saturated rings. The Labute approximate surface area is 154 Å². The molecule has 8 heteroatoms. The molecule has 1 aromatic rings. The van der Waals surface area contributed by atoms with Crippen LogP contribution in [0.15, 0.2) is 23.1 Å². The molecule has 144 valence electrons. The first-order valence-corrected chi connectivity index (χ1v) is 10.5. The molecule has 0 N–H and O–H groups in total. The number of likely N-dealkylation sites (tertiary alicyclic amines) is 1. The molecular weight excluding hydrogens is 356 g/mol. The van der Waals surface area contributed by atoms with Gasteiger partial charge in [0.05, 0.1) is 11.4 Å². The van der Waals surface area contributed by atoms with E-state index < -0.39 is 10.0 Å². The highest BCUT2D eigenvalue weighted by molar-refractivity contribution is 7.89. The lowest BCUT2D eigenvalue weighted by Crippen LogP contribution is -2.48. The van der Waals surface area contributed by atoms with Crippen molar-refractivity contribution < 1.29 is 22.7 Å². The minimum Gasteiger partial charge on any atom is -0.486 e. The van der Waals surface area contributed by atoms with E-state index in [9.17, 15) is 13.2 Å². The van der Waals surface area contributed by atoms with Crippen molar-refractivity contribution in [1.29, 1.82) is 0 Å². The number of fused-ring (bicyclic) bond motifs is 1. The number of sulfonamides is 1. The number of likely N-dealkylation sites (N-methyl/N-ethyl adjacent to an activating group) is 1. The van der Waals surface area contributed by atoms with Gasteiger partial charge in [-0.15, -0.1) is 0 Å². The lowest BCUT2D eigenvalue weighted by Gasteiger charge is -2.36. The van der Waals surface area contributed by atoms with E-state index in [-0.39, 0.29) is 23.4 Å². The Bertz CT molecular complexity index is 765. The van der Waals surface area contributed by atoms with Crippen LogP contribution < -0.4 is 9.47 Å². The number of carbonyl (C=O) groups is 1. The van der Waals surface area contributed by atoms with E-state index in [1.165, 1.54) is 19.2 Å². The SMILES string of the molecule is CCC1CCCCN1C(=O)CN(C)S(=O)(=O)c1ccc2c(c1)OCCO2. The second kappa shape index (κ2) is 7.84. The summed E-state index contributed by atoms with van der Waals surface area (Å²) < 4.78 is 37.7. The maximum Gasteiger partial charge on any atom is 0.243 e. The molecule has 1 atom stereocenters. The number of carbonyl (C=O) groups excluding carboxylic acids is 1. The van der Waals surface area contributed by atoms with Crippen LogP contribution in [0.1, 0.15) is 32.6 Å². The summed E-state index contributed by atoms with van der Waals surface area (Å²) in [6.07, 6.45) is 3.97. The average Bonchev–Trinajstić information content (AvgIpc) is 2.67. The summed E-state index contributed by atoms with van der Waals surface area (Å²) in [4.78, 5) is 14.6. The van der Waals surface area contributed by atoms with E-state index in [2.05, 4.69) is 6.92 Å². The predicted molar refractivity (Wildman–Crippen MR) is 96.9 cm³/mol. The largest absolute Gasteiger partial charge is 0.486 e. The molecule has 2 aliphatic rings. The van der Waals surface area contributed by atoms with Gasteiger partial charge in [0, 0.05) is 25.7 Å². The molecule has 1 aromatic carbocycles. The van der Waals surface area contributed by atoms with Crippen LogP contribution in [-0.2, 0) is 14.8 Å². The molecule has 1 unspecified atom stereocenters. The second-order valence-electron chi connectivity index (χ2n) is 6.71. The van der Waals surface area contributed by atoms with Crippen molar-refractivity contribution in [2.75, 3.05) is 33.4 Å². The molecule has 0 saturated carbocycles. The van der Waals surface area contributed by atoms with Gasteiger partial charge in [-0.3, -0.25) is 4.79 Å². The molecule has 7 nitrogen and oxygen atoms in total. The van der Waals surface area contributed by atoms with Crippen molar-refractivity contribution in [3.05, 3.63) is 18.2 Å². The number of hydrogen-bond donors (Lipinski definition) is 0. The summed E-state index contributed by atoms with van der Waals surface area (Å²) in [6, 6.07) is 4.75. The smallest absolute Gasteiger partial charge is 0.243 e. The lowest BCUT2D eigenvalue weighted by molar-refractivity contribution is -0.134. The highest BCUT2D eigenvalue weighted by atomic mass is 32.2. The van der Waals surface area contributed by atoms with Gasteiger partial charge in [-0.25, -0.2) is 8.42 Å². The van der Waals surface area contributed by atoms with Crippen molar-refractivity contribution >= 4 is 15.9 Å². The standard InChI is InChI=1S/C18H26N2O5S/c1-3-14-6-4-5-9-20(14)18(21)13-19(2)26(22,23)15-7-8-16-17(12-15)25-11-10-24-16/h7-8,12,14H,3-6,9-11,13H2,1-2H3. The van der Waals surface area contributed by atoms with Gasteiger partial charge in [0.2, 0.25) is 15.9 Å². The van der Waals surface area contributed by atoms with Gasteiger partial charge in [-0.1, -0.05) is 6.92 Å². The fourth-order valence-electron chi connectivity index (χ4n) is 3.48. The first-order valence-electron chi connectivity index (χ1n) is 9.09. The number of ether oxygens (including phenoxy) is 2. The Hall–Kier alpha value is -1.80. The number of amides is 1. The van der Waals surface area contributed by atoms with Crippen molar-refractivity contribution in [3.8, 4) is 11.5 Å². The van der Waals surface area contributed by atoms with Crippen molar-refractivity contribution in [3.63, 3.8) is 0 Å². The summed E-state index contributed by atoms with van der Waals surface area (Å²) in [5, 5.41) is 0. The monoisotopic (exact) mass is 382 g/mol. The average molecular weight is 382 g/mol. The molecule has 26 heavy (non-hydrogen) atoms. The third-order valence-corrected chi connectivity index (χ3v) is 6.80. The molecule has 2 aliphatic heterocycles. The van der Waals surface area contributed by atoms with E-state index in [4.69, 9.17) is 9.47 Å². The predicted octanol–water partition coefficient (Wildman–Crippen LogP) is 1.87. The van der Waals surface area contributed by atoms with E-state index in [1.54, 1.807) is 6.07 Å². The summed E-state index contributed by atoms with van der Waals surface area (Å²) in [5.41, 5.74) is 0. The van der Waals surface area contributed by atoms with Crippen molar-refractivity contribution in [2.45, 2.75) is 43.5 Å². The molecule has 2 heterocycles. The summed E-state index contributed by atoms with van der Waals surface area (Å²) in [7, 11) is -2.34. The highest BCUT2D eigenvalue weighted by Gasteiger charge is 2.30. The topological polar surface area (TPSA) is 76.2 Å². The van der Waals surface area contributed by atoms with Crippen LogP contribution in [0.5, 0.6) is 11.5 Å². The molecule has 3 rings (SSSR count). The maximum atomic E-state index is 12.8. The van der Waals surface area contributed by atoms with Gasteiger partial charge >= 0.3 is 0 Å². The molecule has 1 amide bonds. The number of hydrogen-bond acceptors (Lipinski definition) is 5. The van der Waals surface area contributed by atoms with E-state index in [0.717, 1.165) is 30.0 Å². The summed E-state index contributed by atoms with van der Waals surface area (Å²) >= 11 is 0.